The summed E-state index contributed by atoms with van der Waals surface area (Å²) in [5.41, 5.74) is 0. The fraction of sp³-hybridized carbons (Fsp3) is 0.908. The van der Waals surface area contributed by atoms with Crippen LogP contribution in [-0.4, -0.2) is 215 Å². The fourth-order valence-corrected chi connectivity index (χ4v) is 13.7. The SMILES string of the molecule is CCCCCCCCCCC/C=C\C/C=C\CCCCCCCCCC(=O)NC(COC1OC(CO)C(OC2OC(CO)C(O)C(OC3(C(=O)O)CC(O)C(NC(C)=O)C(C(O)C(O)CO)O3)C2O)C(O)C1O)C(O)CCCCCCCCCCCCCCCCCCCCCCCC. The number of allylic oxidation sites excluding steroid dienone is 4. The first-order valence-electron chi connectivity index (χ1n) is 39.2. The van der Waals surface area contributed by atoms with Gasteiger partial charge in [-0.3, -0.25) is 9.59 Å². The lowest BCUT2D eigenvalue weighted by Crippen LogP contribution is -2.70. The Morgan fingerprint density at radius 1 is 0.525 bits per heavy atom. The summed E-state index contributed by atoms with van der Waals surface area (Å²) in [5, 5.41) is 136. The van der Waals surface area contributed by atoms with Crippen molar-refractivity contribution in [3.05, 3.63) is 24.3 Å². The molecule has 3 rings (SSSR count). The van der Waals surface area contributed by atoms with Crippen molar-refractivity contribution < 1.29 is 104 Å². The van der Waals surface area contributed by atoms with Gasteiger partial charge in [0.05, 0.1) is 50.7 Å². The number of nitrogens with one attached hydrogen (secondary N) is 2. The van der Waals surface area contributed by atoms with Crippen molar-refractivity contribution in [1.29, 1.82) is 0 Å². The van der Waals surface area contributed by atoms with Gasteiger partial charge < -0.3 is 100 Å². The van der Waals surface area contributed by atoms with Crippen LogP contribution in [0.1, 0.15) is 303 Å². The van der Waals surface area contributed by atoms with Crippen LogP contribution in [0.5, 0.6) is 0 Å². The molecule has 14 N–H and O–H groups in total. The fourth-order valence-electron chi connectivity index (χ4n) is 13.7. The van der Waals surface area contributed by atoms with Gasteiger partial charge in [0.15, 0.2) is 12.6 Å². The lowest BCUT2D eigenvalue weighted by atomic mass is 9.88. The normalized spacial score (nSPS) is 27.2. The number of carbonyl (C=O) groups excluding carboxylic acids is 2. The van der Waals surface area contributed by atoms with E-state index in [4.69, 9.17) is 28.4 Å². The number of hydrogen-bond donors (Lipinski definition) is 14. The van der Waals surface area contributed by atoms with E-state index in [1.165, 1.54) is 167 Å². The summed E-state index contributed by atoms with van der Waals surface area (Å²) in [4.78, 5) is 38.7. The van der Waals surface area contributed by atoms with E-state index in [2.05, 4.69) is 48.8 Å². The van der Waals surface area contributed by atoms with Crippen molar-refractivity contribution in [2.75, 3.05) is 26.4 Å². The van der Waals surface area contributed by atoms with Gasteiger partial charge in [0.2, 0.25) is 11.8 Å². The summed E-state index contributed by atoms with van der Waals surface area (Å²) in [6.07, 6.45) is 30.2. The number of carbonyl (C=O) groups is 3. The van der Waals surface area contributed by atoms with Gasteiger partial charge in [0.1, 0.15) is 67.1 Å². The van der Waals surface area contributed by atoms with Gasteiger partial charge in [0.25, 0.3) is 5.79 Å². The Kier molecular flexibility index (Phi) is 50.8. The number of aliphatic hydroxyl groups is 11. The van der Waals surface area contributed by atoms with Crippen molar-refractivity contribution >= 4 is 17.8 Å². The molecule has 99 heavy (non-hydrogen) atoms. The molecule has 0 spiro atoms. The predicted octanol–water partition coefficient (Wildman–Crippen LogP) is 9.57. The van der Waals surface area contributed by atoms with Crippen LogP contribution in [-0.2, 0) is 42.8 Å². The van der Waals surface area contributed by atoms with Crippen LogP contribution >= 0.6 is 0 Å². The molecule has 0 bridgehead atoms. The van der Waals surface area contributed by atoms with Crippen LogP contribution in [0.3, 0.4) is 0 Å². The van der Waals surface area contributed by atoms with E-state index >= 15 is 0 Å². The summed E-state index contributed by atoms with van der Waals surface area (Å²) in [7, 11) is 0. The van der Waals surface area contributed by atoms with Gasteiger partial charge in [-0.25, -0.2) is 4.79 Å². The number of amides is 2. The Morgan fingerprint density at radius 2 is 0.970 bits per heavy atom. The number of ether oxygens (including phenoxy) is 6. The first kappa shape index (κ1) is 90.4. The van der Waals surface area contributed by atoms with Gasteiger partial charge in [-0.15, -0.1) is 0 Å². The molecule has 0 aromatic heterocycles. The highest BCUT2D eigenvalue weighted by Gasteiger charge is 2.60. The predicted molar refractivity (Wildman–Crippen MR) is 380 cm³/mol. The van der Waals surface area contributed by atoms with E-state index in [1.54, 1.807) is 0 Å². The zero-order chi connectivity index (χ0) is 72.5. The highest BCUT2D eigenvalue weighted by molar-refractivity contribution is 5.77. The van der Waals surface area contributed by atoms with Crippen LogP contribution in [0.15, 0.2) is 24.3 Å². The quantitative estimate of drug-likeness (QED) is 0.0199. The molecular formula is C76H140N2O21. The van der Waals surface area contributed by atoms with Crippen molar-refractivity contribution in [2.45, 2.75) is 413 Å². The van der Waals surface area contributed by atoms with E-state index in [0.29, 0.717) is 19.3 Å². The van der Waals surface area contributed by atoms with E-state index in [-0.39, 0.29) is 18.9 Å². The number of carboxylic acids is 1. The molecule has 3 aliphatic heterocycles. The maximum absolute atomic E-state index is 13.5. The first-order valence-corrected chi connectivity index (χ1v) is 39.2. The molecule has 23 heteroatoms. The molecule has 18 unspecified atom stereocenters. The van der Waals surface area contributed by atoms with Gasteiger partial charge in [-0.1, -0.05) is 263 Å². The minimum Gasteiger partial charge on any atom is -0.477 e. The largest absolute Gasteiger partial charge is 0.477 e. The average molecular weight is 1420 g/mol. The van der Waals surface area contributed by atoms with E-state index < -0.39 is 148 Å². The maximum Gasteiger partial charge on any atom is 0.364 e. The Balaban J connectivity index is 1.54. The zero-order valence-corrected chi connectivity index (χ0v) is 61.1. The summed E-state index contributed by atoms with van der Waals surface area (Å²) >= 11 is 0. The Hall–Kier alpha value is -2.79. The zero-order valence-electron chi connectivity index (χ0n) is 61.1. The number of rotatable bonds is 61. The third-order valence-electron chi connectivity index (χ3n) is 19.9. The second kappa shape index (κ2) is 55.7. The molecule has 18 atom stereocenters. The number of aliphatic carboxylic acids is 1. The number of hydrogen-bond acceptors (Lipinski definition) is 20. The van der Waals surface area contributed by atoms with Crippen LogP contribution < -0.4 is 10.6 Å². The molecule has 3 saturated heterocycles. The van der Waals surface area contributed by atoms with Crippen molar-refractivity contribution in [2.24, 2.45) is 0 Å². The molecule has 0 saturated carbocycles. The Morgan fingerprint density at radius 3 is 1.41 bits per heavy atom. The van der Waals surface area contributed by atoms with E-state index in [9.17, 15) is 75.7 Å². The topological polar surface area (TPSA) is 373 Å². The van der Waals surface area contributed by atoms with Crippen LogP contribution in [0.25, 0.3) is 0 Å². The van der Waals surface area contributed by atoms with Crippen LogP contribution in [0.4, 0.5) is 0 Å². The van der Waals surface area contributed by atoms with E-state index in [0.717, 1.165) is 90.4 Å². The number of aliphatic hydroxyl groups excluding tert-OH is 11. The molecule has 0 aromatic rings. The molecule has 23 nitrogen and oxygen atoms in total. The minimum atomic E-state index is -3.08. The van der Waals surface area contributed by atoms with Gasteiger partial charge in [-0.2, -0.15) is 0 Å². The lowest BCUT2D eigenvalue weighted by Gasteiger charge is -2.50. The van der Waals surface area contributed by atoms with Gasteiger partial charge >= 0.3 is 5.97 Å². The standard InChI is InChI=1S/C76H140N2O21/c1-4-6-8-10-12-14-16-18-20-22-24-26-28-30-32-34-36-38-40-42-44-46-48-50-63(86)78-57(58(83)49-47-45-43-41-39-37-35-33-31-29-27-25-23-21-19-17-15-13-11-9-7-5-2)55-94-73-68(90)67(89)70(62(54-81)96-73)97-74-69(91)72(66(88)61(53-80)95-74)99-76(75(92)93)51-59(84)64(77-56(3)82)71(98-76)65(87)60(85)52-79/h24,26,30,32,57-62,64-74,79-81,83-85,87-91H,4-23,25,27-29,31,33-55H2,1-3H3,(H,77,82)(H,78,86)(H,92,93)/b26-24-,32-30-. The summed E-state index contributed by atoms with van der Waals surface area (Å²) in [5.74, 6) is -6.11. The molecule has 0 radical (unpaired) electrons. The highest BCUT2D eigenvalue weighted by atomic mass is 16.8. The van der Waals surface area contributed by atoms with Crippen molar-refractivity contribution in [3.8, 4) is 0 Å². The molecular weight excluding hydrogens is 1280 g/mol. The monoisotopic (exact) mass is 1420 g/mol. The summed E-state index contributed by atoms with van der Waals surface area (Å²) in [6, 6.07) is -2.54. The molecule has 3 aliphatic rings. The third kappa shape index (κ3) is 36.7. The average Bonchev–Trinajstić information content (AvgIpc) is 0.757. The Labute approximate surface area is 594 Å². The number of unbranched alkanes of at least 4 members (excludes halogenated alkanes) is 37. The molecule has 0 aromatic carbocycles. The molecule has 2 amide bonds. The van der Waals surface area contributed by atoms with Crippen LogP contribution in [0, 0.1) is 0 Å². The summed E-state index contributed by atoms with van der Waals surface area (Å²) in [6.45, 7) is 2.24. The smallest absolute Gasteiger partial charge is 0.364 e. The van der Waals surface area contributed by atoms with Crippen molar-refractivity contribution in [3.63, 3.8) is 0 Å². The molecule has 0 aliphatic carbocycles. The minimum absolute atomic E-state index is 0.215. The summed E-state index contributed by atoms with van der Waals surface area (Å²) < 4.78 is 35.0. The van der Waals surface area contributed by atoms with Gasteiger partial charge in [-0.05, 0) is 44.9 Å². The number of carboxylic acid groups (broad SMARTS) is 1. The second-order valence-corrected chi connectivity index (χ2v) is 28.6. The van der Waals surface area contributed by atoms with E-state index in [1.807, 2.05) is 0 Å². The van der Waals surface area contributed by atoms with Gasteiger partial charge in [0, 0.05) is 19.8 Å². The lowest BCUT2D eigenvalue weighted by molar-refractivity contribution is -0.386. The third-order valence-corrected chi connectivity index (χ3v) is 19.9. The first-order chi connectivity index (χ1) is 47.9. The van der Waals surface area contributed by atoms with Crippen molar-refractivity contribution in [1.82, 2.24) is 10.6 Å². The molecule has 580 valence electrons. The maximum atomic E-state index is 13.5. The molecule has 3 heterocycles. The highest BCUT2D eigenvalue weighted by Crippen LogP contribution is 2.39. The molecule has 3 fully saturated rings. The van der Waals surface area contributed by atoms with Crippen LogP contribution in [0.2, 0.25) is 0 Å². The second-order valence-electron chi connectivity index (χ2n) is 28.6. The Bertz CT molecular complexity index is 2080.